The summed E-state index contributed by atoms with van der Waals surface area (Å²) in [4.78, 5) is 3.21. The molecule has 0 bridgehead atoms. The summed E-state index contributed by atoms with van der Waals surface area (Å²) in [7, 11) is -10.7. The van der Waals surface area contributed by atoms with E-state index in [0.717, 1.165) is 0 Å². The zero-order valence-corrected chi connectivity index (χ0v) is 16.2. The highest BCUT2D eigenvalue weighted by atomic mass is 32.2. The van der Waals surface area contributed by atoms with E-state index in [1.807, 2.05) is 0 Å². The van der Waals surface area contributed by atoms with Crippen LogP contribution >= 0.6 is 0 Å². The van der Waals surface area contributed by atoms with Crippen molar-refractivity contribution in [3.63, 3.8) is 0 Å². The summed E-state index contributed by atoms with van der Waals surface area (Å²) in [6, 6.07) is 0. The first-order chi connectivity index (χ1) is 13.2. The van der Waals surface area contributed by atoms with Gasteiger partial charge in [-0.3, -0.25) is 0 Å². The molecule has 0 aromatic carbocycles. The Labute approximate surface area is 163 Å². The molecule has 1 rings (SSSR count). The molecule has 0 spiro atoms. The van der Waals surface area contributed by atoms with E-state index in [9.17, 15) is 43.2 Å². The summed E-state index contributed by atoms with van der Waals surface area (Å²) in [5.41, 5.74) is -10.7. The van der Waals surface area contributed by atoms with E-state index in [1.54, 1.807) is 22.2 Å². The van der Waals surface area contributed by atoms with Gasteiger partial charge in [-0.25, -0.2) is 26.3 Å². The van der Waals surface area contributed by atoms with Gasteiger partial charge in [-0.05, 0) is 12.8 Å². The standard InChI is InChI=1S/C13H18F6N4O4S2/c14-12(15,16)28(24,25)20-5-1-3-7-22-9-10-23(11-22)8-4-2-6-21-29(26,27)13(17,18)19/h3-4,7-10,20-21H,1-2,5-6,11H2. The van der Waals surface area contributed by atoms with Crippen LogP contribution in [0.15, 0.2) is 37.0 Å². The van der Waals surface area contributed by atoms with Crippen LogP contribution in [0.1, 0.15) is 12.8 Å². The second-order valence-corrected chi connectivity index (χ2v) is 9.02. The average molecular weight is 472 g/mol. The van der Waals surface area contributed by atoms with Gasteiger partial charge in [0.2, 0.25) is 0 Å². The predicted octanol–water partition coefficient (Wildman–Crippen LogP) is 1.72. The van der Waals surface area contributed by atoms with E-state index in [0.29, 0.717) is 0 Å². The number of rotatable bonds is 10. The average Bonchev–Trinajstić information content (AvgIpc) is 2.99. The van der Waals surface area contributed by atoms with Crippen LogP contribution in [0.4, 0.5) is 26.3 Å². The van der Waals surface area contributed by atoms with E-state index >= 15 is 0 Å². The molecule has 0 amide bonds. The first kappa shape index (κ1) is 25.3. The Bertz CT molecular complexity index is 766. The number of hydrogen-bond acceptors (Lipinski definition) is 6. The molecule has 0 saturated heterocycles. The van der Waals surface area contributed by atoms with Crippen LogP contribution < -0.4 is 9.44 Å². The molecule has 0 radical (unpaired) electrons. The van der Waals surface area contributed by atoms with Crippen LogP contribution in [-0.2, 0) is 20.0 Å². The number of alkyl halides is 6. The van der Waals surface area contributed by atoms with Crippen LogP contribution in [0.5, 0.6) is 0 Å². The lowest BCUT2D eigenvalue weighted by Gasteiger charge is -2.14. The maximum absolute atomic E-state index is 12.1. The number of halogens is 6. The minimum Gasteiger partial charge on any atom is -0.335 e. The molecule has 29 heavy (non-hydrogen) atoms. The first-order valence-corrected chi connectivity index (χ1v) is 10.8. The Morgan fingerprint density at radius 2 is 1.10 bits per heavy atom. The van der Waals surface area contributed by atoms with Crippen molar-refractivity contribution in [2.75, 3.05) is 19.8 Å². The third-order valence-corrected chi connectivity index (χ3v) is 5.57. The van der Waals surface area contributed by atoms with Gasteiger partial charge in [-0.1, -0.05) is 12.2 Å². The zero-order chi connectivity index (χ0) is 22.3. The van der Waals surface area contributed by atoms with E-state index < -0.39 is 44.2 Å². The lowest BCUT2D eigenvalue weighted by atomic mass is 10.4. The fraction of sp³-hybridized carbons (Fsp3) is 0.538. The molecule has 1 aliphatic heterocycles. The van der Waals surface area contributed by atoms with Gasteiger partial charge < -0.3 is 9.80 Å². The predicted molar refractivity (Wildman–Crippen MR) is 91.2 cm³/mol. The van der Waals surface area contributed by atoms with E-state index in [2.05, 4.69) is 0 Å². The van der Waals surface area contributed by atoms with Crippen LogP contribution in [0, 0.1) is 0 Å². The van der Waals surface area contributed by atoms with Gasteiger partial charge in [-0.2, -0.15) is 26.3 Å². The molecular formula is C13H18F6N4O4S2. The largest absolute Gasteiger partial charge is 0.511 e. The summed E-state index contributed by atoms with van der Waals surface area (Å²) in [5, 5.41) is 0. The van der Waals surface area contributed by atoms with Gasteiger partial charge in [0, 0.05) is 37.9 Å². The topological polar surface area (TPSA) is 98.8 Å². The number of nitrogens with zero attached hydrogens (tertiary/aromatic N) is 2. The second-order valence-electron chi connectivity index (χ2n) is 5.50. The molecule has 0 fully saturated rings. The fourth-order valence-electron chi connectivity index (χ4n) is 1.78. The Balaban J connectivity index is 2.29. The van der Waals surface area contributed by atoms with Gasteiger partial charge in [0.05, 0.1) is 6.67 Å². The maximum Gasteiger partial charge on any atom is 0.511 e. The van der Waals surface area contributed by atoms with Crippen LogP contribution in [-0.4, -0.2) is 57.4 Å². The number of hydrogen-bond donors (Lipinski definition) is 2. The van der Waals surface area contributed by atoms with Crippen molar-refractivity contribution >= 4 is 20.0 Å². The quantitative estimate of drug-likeness (QED) is 0.371. The van der Waals surface area contributed by atoms with Crippen molar-refractivity contribution in [1.82, 2.24) is 19.2 Å². The molecule has 0 aliphatic carbocycles. The van der Waals surface area contributed by atoms with Crippen molar-refractivity contribution in [2.45, 2.75) is 23.9 Å². The minimum atomic E-state index is -5.37. The molecule has 16 heteroatoms. The summed E-state index contributed by atoms with van der Waals surface area (Å²) < 4.78 is 119. The van der Waals surface area contributed by atoms with Gasteiger partial charge in [-0.15, -0.1) is 0 Å². The van der Waals surface area contributed by atoms with Crippen molar-refractivity contribution in [3.05, 3.63) is 37.0 Å². The zero-order valence-electron chi connectivity index (χ0n) is 14.6. The van der Waals surface area contributed by atoms with E-state index in [4.69, 9.17) is 0 Å². The Morgan fingerprint density at radius 1 is 0.759 bits per heavy atom. The molecule has 0 unspecified atom stereocenters. The maximum atomic E-state index is 12.1. The molecule has 168 valence electrons. The lowest BCUT2D eigenvalue weighted by Crippen LogP contribution is -2.36. The summed E-state index contributed by atoms with van der Waals surface area (Å²) >= 11 is 0. The molecule has 1 heterocycles. The van der Waals surface area contributed by atoms with Crippen molar-refractivity contribution < 1.29 is 43.2 Å². The molecule has 8 nitrogen and oxygen atoms in total. The molecular weight excluding hydrogens is 454 g/mol. The Morgan fingerprint density at radius 3 is 1.41 bits per heavy atom. The van der Waals surface area contributed by atoms with Crippen molar-refractivity contribution in [1.29, 1.82) is 0 Å². The van der Waals surface area contributed by atoms with E-state index in [1.165, 1.54) is 34.0 Å². The highest BCUT2D eigenvalue weighted by molar-refractivity contribution is 7.90. The summed E-state index contributed by atoms with van der Waals surface area (Å²) in [6.45, 7) is -0.587. The normalized spacial score (nSPS) is 16.6. The highest BCUT2D eigenvalue weighted by Crippen LogP contribution is 2.22. The molecule has 0 aromatic rings. The fourth-order valence-corrected chi connectivity index (χ4v) is 2.89. The number of nitrogens with one attached hydrogen (secondary N) is 2. The Hall–Kier alpha value is -1.78. The first-order valence-electron chi connectivity index (χ1n) is 7.81. The third-order valence-electron chi connectivity index (χ3n) is 3.19. The summed E-state index contributed by atoms with van der Waals surface area (Å²) in [6.07, 6.45) is 9.10. The van der Waals surface area contributed by atoms with Crippen molar-refractivity contribution in [3.8, 4) is 0 Å². The molecule has 0 aromatic heterocycles. The van der Waals surface area contributed by atoms with Gasteiger partial charge in [0.1, 0.15) is 0 Å². The SMILES string of the molecule is O=S(=O)(NCCC=CN1C=CN(C=CCCNS(=O)(=O)C(F)(F)F)C1)C(F)(F)F. The molecule has 0 atom stereocenters. The molecule has 0 saturated carbocycles. The van der Waals surface area contributed by atoms with Crippen LogP contribution in [0.25, 0.3) is 0 Å². The van der Waals surface area contributed by atoms with Gasteiger partial charge in [0.15, 0.2) is 0 Å². The summed E-state index contributed by atoms with van der Waals surface area (Å²) in [5.74, 6) is 0. The smallest absolute Gasteiger partial charge is 0.335 e. The van der Waals surface area contributed by atoms with Gasteiger partial charge in [0.25, 0.3) is 0 Å². The second kappa shape index (κ2) is 9.82. The van der Waals surface area contributed by atoms with Crippen molar-refractivity contribution in [2.24, 2.45) is 0 Å². The van der Waals surface area contributed by atoms with Gasteiger partial charge >= 0.3 is 31.1 Å². The van der Waals surface area contributed by atoms with Crippen LogP contribution in [0.3, 0.4) is 0 Å². The highest BCUT2D eigenvalue weighted by Gasteiger charge is 2.45. The van der Waals surface area contributed by atoms with E-state index in [-0.39, 0.29) is 19.5 Å². The third kappa shape index (κ3) is 8.23. The van der Waals surface area contributed by atoms with Crippen LogP contribution in [0.2, 0.25) is 0 Å². The molecule has 1 aliphatic rings. The number of sulfonamides is 2. The minimum absolute atomic E-state index is 0.00877. The monoisotopic (exact) mass is 472 g/mol. The lowest BCUT2D eigenvalue weighted by molar-refractivity contribution is -0.0453. The molecule has 2 N–H and O–H groups in total. The Kier molecular flexibility index (Phi) is 8.55.